The molecule has 0 aliphatic rings. The molecule has 0 aromatic rings. The van der Waals surface area contributed by atoms with E-state index in [-0.39, 0.29) is 0 Å². The van der Waals surface area contributed by atoms with E-state index in [9.17, 15) is 0 Å². The van der Waals surface area contributed by atoms with Gasteiger partial charge in [-0.15, -0.1) is 0 Å². The molecule has 0 aliphatic carbocycles. The summed E-state index contributed by atoms with van der Waals surface area (Å²) in [6, 6.07) is 0. The van der Waals surface area contributed by atoms with E-state index in [1.54, 1.807) is 0 Å². The number of hydrogen-bond acceptors (Lipinski definition) is 4. The first kappa shape index (κ1) is 137. The van der Waals surface area contributed by atoms with Gasteiger partial charge in [0, 0.05) is 39.3 Å². The highest BCUT2D eigenvalue weighted by Gasteiger charge is 2.33. The molecule has 0 bridgehead atoms. The van der Waals surface area contributed by atoms with Crippen LogP contribution in [-0.2, 0) is 4.57 Å². The Kier molecular flexibility index (Phi) is 109. The molecule has 0 radical (unpaired) electrons. The molecular weight excluding hydrogens is 1610 g/mol. The zero-order valence-electron chi connectivity index (χ0n) is 95.3. The third-order valence-corrected chi connectivity index (χ3v) is 32.3. The molecule has 0 amide bonds. The number of rotatable bonds is 102. The average Bonchev–Trinajstić information content (AvgIpc) is 0.874. The van der Waals surface area contributed by atoms with Crippen LogP contribution in [-0.4, -0.2) is 89.8 Å². The van der Waals surface area contributed by atoms with Crippen molar-refractivity contribution in [3.05, 3.63) is 0 Å². The van der Waals surface area contributed by atoms with Gasteiger partial charge in [-0.3, -0.25) is 0 Å². The number of phosphoric acid groups is 1. The van der Waals surface area contributed by atoms with Crippen LogP contribution >= 0.6 is 7.82 Å². The summed E-state index contributed by atoms with van der Waals surface area (Å²) < 4.78 is 8.88. The third kappa shape index (κ3) is 94.7. The van der Waals surface area contributed by atoms with Gasteiger partial charge in [0.25, 0.3) is 0 Å². The van der Waals surface area contributed by atoms with Gasteiger partial charge in [0.2, 0.25) is 0 Å². The standard InChI is InChI=1S/3C41H85N.H3O4P/c3*1-8-14-18-21-24-27-33-41(34-28-25-22-19-15-9-2,35-29-26-23-20-16-10-3)36-30-32-40(13-6)38-42(7)37-39(12-5)31-17-11-4;1-5(2,3)4/h3*39-40H,8-38H2,1-7H3;(H3,1,2,3,4). The molecular formula is C123H258N3O4P. The van der Waals surface area contributed by atoms with Crippen molar-refractivity contribution >= 4 is 7.82 Å². The zero-order valence-corrected chi connectivity index (χ0v) is 96.2. The van der Waals surface area contributed by atoms with Gasteiger partial charge in [-0.1, -0.05) is 568 Å². The van der Waals surface area contributed by atoms with Crippen LogP contribution < -0.4 is 0 Å². The fourth-order valence-corrected chi connectivity index (χ4v) is 23.0. The van der Waals surface area contributed by atoms with E-state index in [0.29, 0.717) is 16.2 Å². The summed E-state index contributed by atoms with van der Waals surface area (Å²) in [4.78, 5) is 29.7. The summed E-state index contributed by atoms with van der Waals surface area (Å²) in [5.41, 5.74) is 1.91. The highest BCUT2D eigenvalue weighted by molar-refractivity contribution is 7.45. The van der Waals surface area contributed by atoms with Crippen molar-refractivity contribution in [3.63, 3.8) is 0 Å². The van der Waals surface area contributed by atoms with Crippen LogP contribution in [0.1, 0.15) is 683 Å². The monoisotopic (exact) mass is 1870 g/mol. The van der Waals surface area contributed by atoms with Crippen LogP contribution in [0, 0.1) is 51.8 Å². The predicted molar refractivity (Wildman–Crippen MR) is 599 cm³/mol. The maximum absolute atomic E-state index is 8.88. The SMILES string of the molecule is CCCCCCCCC(CCCCCCCC)(CCCCCCCC)CCCC(CC)CN(C)CC(CC)CCCC.CCCCCCCCC(CCCCCCCC)(CCCCCCCC)CCCC(CC)CN(C)CC(CC)CCCC.CCCCCCCCC(CCCCCCCC)(CCCCCCCC)CCCC(CC)CN(C)CC(CC)CCCC.O=P(O)(O)O. The van der Waals surface area contributed by atoms with Gasteiger partial charge in [0.05, 0.1) is 0 Å². The fraction of sp³-hybridized carbons (Fsp3) is 1.00. The van der Waals surface area contributed by atoms with E-state index in [4.69, 9.17) is 19.2 Å². The molecule has 0 saturated carbocycles. The first-order valence-electron chi connectivity index (χ1n) is 61.3. The second-order valence-corrected chi connectivity index (χ2v) is 46.1. The molecule has 8 heteroatoms. The Morgan fingerprint density at radius 3 is 0.382 bits per heavy atom. The minimum Gasteiger partial charge on any atom is -0.306 e. The lowest BCUT2D eigenvalue weighted by Gasteiger charge is -2.36. The Morgan fingerprint density at radius 2 is 0.267 bits per heavy atom. The maximum atomic E-state index is 8.88. The summed E-state index contributed by atoms with van der Waals surface area (Å²) >= 11 is 0. The molecule has 0 aromatic heterocycles. The average molecular weight is 1870 g/mol. The van der Waals surface area contributed by atoms with Crippen molar-refractivity contribution in [2.24, 2.45) is 51.8 Å². The number of hydrogen-bond donors (Lipinski definition) is 3. The molecule has 0 aromatic carbocycles. The zero-order chi connectivity index (χ0) is 98.0. The van der Waals surface area contributed by atoms with E-state index in [1.165, 1.54) is 598 Å². The summed E-state index contributed by atoms with van der Waals surface area (Å²) in [6.45, 7) is 50.7. The molecule has 794 valence electrons. The number of unbranched alkanes of at least 4 members (excludes halogenated alkanes) is 48. The van der Waals surface area contributed by atoms with Crippen molar-refractivity contribution in [2.75, 3.05) is 60.4 Å². The Labute approximate surface area is 831 Å². The van der Waals surface area contributed by atoms with Gasteiger partial charge < -0.3 is 29.4 Å². The molecule has 0 heterocycles. The van der Waals surface area contributed by atoms with E-state index in [0.717, 1.165) is 35.5 Å². The van der Waals surface area contributed by atoms with Crippen molar-refractivity contribution in [2.45, 2.75) is 683 Å². The lowest BCUT2D eigenvalue weighted by molar-refractivity contribution is 0.161. The lowest BCUT2D eigenvalue weighted by Crippen LogP contribution is -2.31. The topological polar surface area (TPSA) is 87.5 Å². The molecule has 0 saturated heterocycles. The fourth-order valence-electron chi connectivity index (χ4n) is 23.0. The molecule has 0 aliphatic heterocycles. The maximum Gasteiger partial charge on any atom is 0.466 e. The Balaban J connectivity index is -0.000000898. The smallest absolute Gasteiger partial charge is 0.306 e. The molecule has 6 atom stereocenters. The van der Waals surface area contributed by atoms with Crippen molar-refractivity contribution in [3.8, 4) is 0 Å². The second-order valence-electron chi connectivity index (χ2n) is 45.1. The van der Waals surface area contributed by atoms with E-state index in [1.807, 2.05) is 0 Å². The summed E-state index contributed by atoms with van der Waals surface area (Å²) in [6.07, 6.45) is 126. The largest absolute Gasteiger partial charge is 0.466 e. The summed E-state index contributed by atoms with van der Waals surface area (Å²) in [5, 5.41) is 0. The van der Waals surface area contributed by atoms with Crippen LogP contribution in [0.3, 0.4) is 0 Å². The van der Waals surface area contributed by atoms with Crippen LogP contribution in [0.2, 0.25) is 0 Å². The quantitative estimate of drug-likeness (QED) is 0.0413. The minimum absolute atomic E-state index is 0.637. The van der Waals surface area contributed by atoms with Crippen molar-refractivity contribution in [1.29, 1.82) is 0 Å². The first-order valence-corrected chi connectivity index (χ1v) is 62.9. The summed E-state index contributed by atoms with van der Waals surface area (Å²) in [5.74, 6) is 5.33. The van der Waals surface area contributed by atoms with Gasteiger partial charge in [-0.2, -0.15) is 0 Å². The van der Waals surface area contributed by atoms with Crippen LogP contribution in [0.4, 0.5) is 0 Å². The highest BCUT2D eigenvalue weighted by atomic mass is 31.2. The van der Waals surface area contributed by atoms with Crippen LogP contribution in [0.15, 0.2) is 0 Å². The molecule has 6 unspecified atom stereocenters. The number of nitrogens with zero attached hydrogens (tertiary/aromatic N) is 3. The molecule has 0 fully saturated rings. The van der Waals surface area contributed by atoms with Gasteiger partial charge >= 0.3 is 7.82 Å². The van der Waals surface area contributed by atoms with Crippen LogP contribution in [0.25, 0.3) is 0 Å². The van der Waals surface area contributed by atoms with Crippen molar-refractivity contribution in [1.82, 2.24) is 14.7 Å². The summed E-state index contributed by atoms with van der Waals surface area (Å²) in [7, 11) is 2.60. The second kappa shape index (κ2) is 104. The predicted octanol–water partition coefficient (Wildman–Crippen LogP) is 42.8. The molecule has 0 spiro atoms. The molecule has 131 heavy (non-hydrogen) atoms. The lowest BCUT2D eigenvalue weighted by atomic mass is 9.70. The van der Waals surface area contributed by atoms with Crippen molar-refractivity contribution < 1.29 is 19.2 Å². The minimum atomic E-state index is -4.64. The first-order chi connectivity index (χ1) is 63.5. The highest BCUT2D eigenvalue weighted by Crippen LogP contribution is 2.46. The molecule has 0 rings (SSSR count). The molecule has 3 N–H and O–H groups in total. The van der Waals surface area contributed by atoms with Crippen LogP contribution in [0.5, 0.6) is 0 Å². The molecule has 7 nitrogen and oxygen atoms in total. The van der Waals surface area contributed by atoms with E-state index in [2.05, 4.69) is 160 Å². The van der Waals surface area contributed by atoms with Gasteiger partial charge in [-0.25, -0.2) is 4.57 Å². The van der Waals surface area contributed by atoms with E-state index < -0.39 is 7.82 Å². The third-order valence-electron chi connectivity index (χ3n) is 32.3. The Morgan fingerprint density at radius 1 is 0.168 bits per heavy atom. The van der Waals surface area contributed by atoms with E-state index >= 15 is 0 Å². The normalized spacial score (nSPS) is 13.6. The van der Waals surface area contributed by atoms with Gasteiger partial charge in [0.1, 0.15) is 0 Å². The van der Waals surface area contributed by atoms with Gasteiger partial charge in [-0.05, 0) is 188 Å². The van der Waals surface area contributed by atoms with Gasteiger partial charge in [0.15, 0.2) is 0 Å². The Bertz CT molecular complexity index is 1820. The Hall–Kier alpha value is -0.0100.